The molecule has 0 aliphatic heterocycles. The van der Waals surface area contributed by atoms with E-state index in [-0.39, 0.29) is 0 Å². The van der Waals surface area contributed by atoms with Gasteiger partial charge >= 0.3 is 0 Å². The Morgan fingerprint density at radius 1 is 1.42 bits per heavy atom. The molecule has 0 spiro atoms. The van der Waals surface area contributed by atoms with E-state index in [1.165, 1.54) is 5.56 Å². The highest BCUT2D eigenvalue weighted by molar-refractivity contribution is 7.83. The first-order valence-corrected chi connectivity index (χ1v) is 4.48. The molecule has 1 nitrogen and oxygen atoms in total. The maximum Gasteiger partial charge on any atom is 0.0449 e. The molecule has 0 fully saturated rings. The third-order valence-electron chi connectivity index (χ3n) is 1.83. The van der Waals surface area contributed by atoms with Crippen LogP contribution in [0.2, 0.25) is 0 Å². The molecule has 0 atom stereocenters. The zero-order valence-corrected chi connectivity index (χ0v) is 8.01. The van der Waals surface area contributed by atoms with Crippen LogP contribution in [0.5, 0.6) is 0 Å². The van der Waals surface area contributed by atoms with Crippen molar-refractivity contribution < 1.29 is 0 Å². The first kappa shape index (κ1) is 9.20. The van der Waals surface area contributed by atoms with Crippen LogP contribution in [-0.2, 0) is 6.42 Å². The van der Waals surface area contributed by atoms with Gasteiger partial charge in [0.25, 0.3) is 0 Å². The van der Waals surface area contributed by atoms with E-state index < -0.39 is 0 Å². The van der Waals surface area contributed by atoms with Crippen molar-refractivity contribution in [3.8, 4) is 0 Å². The Hall–Kier alpha value is -0.890. The van der Waals surface area contributed by atoms with Gasteiger partial charge in [-0.15, -0.1) is 12.6 Å². The maximum absolute atomic E-state index is 5.67. The topological polar surface area (TPSA) is 26.0 Å². The number of nitrogens with two attached hydrogens (primary N) is 1. The minimum atomic E-state index is 0.709. The van der Waals surface area contributed by atoms with Gasteiger partial charge in [-0.3, -0.25) is 0 Å². The largest absolute Gasteiger partial charge is 0.398 e. The predicted octanol–water partition coefficient (Wildman–Crippen LogP) is 2.44. The van der Waals surface area contributed by atoms with Crippen LogP contribution >= 0.6 is 12.6 Å². The van der Waals surface area contributed by atoms with Gasteiger partial charge in [0, 0.05) is 5.70 Å². The second kappa shape index (κ2) is 4.21. The Morgan fingerprint density at radius 3 is 2.42 bits per heavy atom. The van der Waals surface area contributed by atoms with Gasteiger partial charge in [-0.1, -0.05) is 31.2 Å². The summed E-state index contributed by atoms with van der Waals surface area (Å²) in [6, 6.07) is 8.20. The van der Waals surface area contributed by atoms with Gasteiger partial charge in [-0.05, 0) is 23.0 Å². The van der Waals surface area contributed by atoms with E-state index in [1.54, 1.807) is 5.41 Å². The van der Waals surface area contributed by atoms with Crippen LogP contribution in [0.15, 0.2) is 29.7 Å². The lowest BCUT2D eigenvalue weighted by Gasteiger charge is -2.01. The Morgan fingerprint density at radius 2 is 2.00 bits per heavy atom. The van der Waals surface area contributed by atoms with E-state index in [9.17, 15) is 0 Å². The zero-order chi connectivity index (χ0) is 8.97. The van der Waals surface area contributed by atoms with Crippen LogP contribution in [0.3, 0.4) is 0 Å². The molecular formula is C10H13NS. The highest BCUT2D eigenvalue weighted by Crippen LogP contribution is 2.11. The molecule has 0 aliphatic carbocycles. The van der Waals surface area contributed by atoms with Crippen LogP contribution in [-0.4, -0.2) is 0 Å². The Labute approximate surface area is 78.7 Å². The third-order valence-corrected chi connectivity index (χ3v) is 2.11. The van der Waals surface area contributed by atoms with Crippen molar-refractivity contribution in [1.29, 1.82) is 0 Å². The van der Waals surface area contributed by atoms with Crippen molar-refractivity contribution in [2.45, 2.75) is 13.3 Å². The normalized spacial score (nSPS) is 11.7. The van der Waals surface area contributed by atoms with Crippen LogP contribution in [0.25, 0.3) is 5.70 Å². The van der Waals surface area contributed by atoms with Gasteiger partial charge in [0.05, 0.1) is 0 Å². The molecule has 2 N–H and O–H groups in total. The summed E-state index contributed by atoms with van der Waals surface area (Å²) in [7, 11) is 0. The first-order chi connectivity index (χ1) is 5.77. The molecule has 12 heavy (non-hydrogen) atoms. The van der Waals surface area contributed by atoms with Crippen LogP contribution in [0.4, 0.5) is 0 Å². The molecule has 0 radical (unpaired) electrons. The van der Waals surface area contributed by atoms with Crippen molar-refractivity contribution in [2.75, 3.05) is 0 Å². The fraction of sp³-hybridized carbons (Fsp3) is 0.200. The van der Waals surface area contributed by atoms with Gasteiger partial charge in [0.2, 0.25) is 0 Å². The van der Waals surface area contributed by atoms with E-state index in [1.807, 2.05) is 12.1 Å². The van der Waals surface area contributed by atoms with Gasteiger partial charge in [0.1, 0.15) is 0 Å². The van der Waals surface area contributed by atoms with Gasteiger partial charge in [0.15, 0.2) is 0 Å². The summed E-state index contributed by atoms with van der Waals surface area (Å²) >= 11 is 3.99. The maximum atomic E-state index is 5.67. The predicted molar refractivity (Wildman–Crippen MR) is 57.0 cm³/mol. The minimum absolute atomic E-state index is 0.709. The molecule has 1 aromatic rings. The Balaban J connectivity index is 2.92. The molecule has 0 heterocycles. The van der Waals surface area contributed by atoms with Crippen molar-refractivity contribution in [1.82, 2.24) is 0 Å². The van der Waals surface area contributed by atoms with Crippen molar-refractivity contribution in [2.24, 2.45) is 5.73 Å². The number of hydrogen-bond donors (Lipinski definition) is 2. The quantitative estimate of drug-likeness (QED) is 0.670. The van der Waals surface area contributed by atoms with Crippen molar-refractivity contribution in [3.05, 3.63) is 40.8 Å². The molecule has 1 aromatic carbocycles. The smallest absolute Gasteiger partial charge is 0.0449 e. The molecule has 2 heteroatoms. The molecule has 1 rings (SSSR count). The summed E-state index contributed by atoms with van der Waals surface area (Å²) in [5.41, 5.74) is 8.73. The molecule has 0 amide bonds. The number of hydrogen-bond acceptors (Lipinski definition) is 2. The third kappa shape index (κ3) is 2.05. The van der Waals surface area contributed by atoms with Crippen LogP contribution in [0.1, 0.15) is 18.1 Å². The molecule has 0 aliphatic rings. The summed E-state index contributed by atoms with van der Waals surface area (Å²) in [5.74, 6) is 0. The fourth-order valence-corrected chi connectivity index (χ4v) is 1.16. The van der Waals surface area contributed by atoms with Gasteiger partial charge in [-0.2, -0.15) is 0 Å². The molecule has 0 unspecified atom stereocenters. The summed E-state index contributed by atoms with van der Waals surface area (Å²) in [6.45, 7) is 2.13. The summed E-state index contributed by atoms with van der Waals surface area (Å²) in [5, 5.41) is 1.61. The van der Waals surface area contributed by atoms with E-state index in [4.69, 9.17) is 5.73 Å². The lowest BCUT2D eigenvalue weighted by atomic mass is 10.1. The second-order valence-electron chi connectivity index (χ2n) is 2.63. The van der Waals surface area contributed by atoms with E-state index in [2.05, 4.69) is 31.7 Å². The van der Waals surface area contributed by atoms with Crippen LogP contribution < -0.4 is 5.73 Å². The number of rotatable bonds is 2. The average Bonchev–Trinajstić information content (AvgIpc) is 2.17. The minimum Gasteiger partial charge on any atom is -0.398 e. The number of thiol groups is 1. The lowest BCUT2D eigenvalue weighted by molar-refractivity contribution is 1.14. The monoisotopic (exact) mass is 179 g/mol. The second-order valence-corrected chi connectivity index (χ2v) is 2.89. The van der Waals surface area contributed by atoms with E-state index in [0.717, 1.165) is 12.0 Å². The zero-order valence-electron chi connectivity index (χ0n) is 7.12. The summed E-state index contributed by atoms with van der Waals surface area (Å²) < 4.78 is 0. The van der Waals surface area contributed by atoms with Crippen molar-refractivity contribution in [3.63, 3.8) is 0 Å². The Bertz CT molecular complexity index is 274. The molecule has 0 aromatic heterocycles. The number of aryl methyl sites for hydroxylation is 1. The highest BCUT2D eigenvalue weighted by atomic mass is 32.1. The fourth-order valence-electron chi connectivity index (χ4n) is 1.01. The number of benzene rings is 1. The molecule has 0 saturated heterocycles. The Kier molecular flexibility index (Phi) is 3.23. The highest BCUT2D eigenvalue weighted by Gasteiger charge is 1.94. The van der Waals surface area contributed by atoms with Crippen molar-refractivity contribution >= 4 is 18.3 Å². The molecule has 64 valence electrons. The molecular weight excluding hydrogens is 166 g/mol. The first-order valence-electron chi connectivity index (χ1n) is 3.97. The van der Waals surface area contributed by atoms with Gasteiger partial charge in [-0.25, -0.2) is 0 Å². The van der Waals surface area contributed by atoms with E-state index >= 15 is 0 Å². The molecule has 0 bridgehead atoms. The summed E-state index contributed by atoms with van der Waals surface area (Å²) in [6.07, 6.45) is 1.06. The molecule has 0 saturated carbocycles. The summed E-state index contributed by atoms with van der Waals surface area (Å²) in [4.78, 5) is 0. The lowest BCUT2D eigenvalue weighted by Crippen LogP contribution is -1.94. The SMILES string of the molecule is CCc1ccc(/C(N)=C/S)cc1. The standard InChI is InChI=1S/C10H13NS/c1-2-8-3-5-9(6-4-8)10(11)7-12/h3-7,12H,2,11H2,1H3/b10-7-. The average molecular weight is 179 g/mol. The van der Waals surface area contributed by atoms with Crippen LogP contribution in [0, 0.1) is 0 Å². The van der Waals surface area contributed by atoms with Gasteiger partial charge < -0.3 is 5.73 Å². The van der Waals surface area contributed by atoms with E-state index in [0.29, 0.717) is 5.70 Å².